The minimum Gasteiger partial charge on any atom is -0.544 e. The van der Waals surface area contributed by atoms with Crippen molar-refractivity contribution < 1.29 is 19.3 Å². The van der Waals surface area contributed by atoms with Crippen molar-refractivity contribution in [3.05, 3.63) is 33.9 Å². The van der Waals surface area contributed by atoms with Crippen molar-refractivity contribution in [1.29, 1.82) is 0 Å². The van der Waals surface area contributed by atoms with Gasteiger partial charge in [0.15, 0.2) is 0 Å². The molecule has 1 aromatic carbocycles. The molecule has 0 saturated carbocycles. The number of aromatic carboxylic acids is 1. The Morgan fingerprint density at radius 1 is 1.41 bits per heavy atom. The predicted octanol–water partition coefficient (Wildman–Crippen LogP) is 2.51. The van der Waals surface area contributed by atoms with E-state index in [2.05, 4.69) is 0 Å². The fraction of sp³-hybridized carbons (Fsp3) is 0.300. The highest BCUT2D eigenvalue weighted by Gasteiger charge is 2.22. The molecular weight excluding hydrogens is 242 g/mol. The number of non-ortho nitro benzene ring substituents is 1. The standard InChI is InChI=1S/C10H13NO5Si/c1-17(2,3)16-9-6-7(11(14)15)4-5-8(9)10(12)13/h4-6H,1-3H3,(H,12,13). The first-order valence-electron chi connectivity index (χ1n) is 4.91. The molecule has 92 valence electrons. The van der Waals surface area contributed by atoms with Gasteiger partial charge in [-0.2, -0.15) is 0 Å². The average Bonchev–Trinajstić information content (AvgIpc) is 2.14. The van der Waals surface area contributed by atoms with Crippen LogP contribution in [0.2, 0.25) is 19.6 Å². The second kappa shape index (κ2) is 4.54. The van der Waals surface area contributed by atoms with Gasteiger partial charge >= 0.3 is 5.97 Å². The zero-order chi connectivity index (χ0) is 13.2. The fourth-order valence-electron chi connectivity index (χ4n) is 1.22. The summed E-state index contributed by atoms with van der Waals surface area (Å²) in [5.41, 5.74) is -0.235. The van der Waals surface area contributed by atoms with Crippen molar-refractivity contribution >= 4 is 20.0 Å². The summed E-state index contributed by atoms with van der Waals surface area (Å²) in [6.07, 6.45) is 0. The number of hydrogen-bond donors (Lipinski definition) is 1. The number of carboxylic acid groups (broad SMARTS) is 1. The van der Waals surface area contributed by atoms with E-state index in [0.717, 1.165) is 12.1 Å². The number of rotatable bonds is 4. The zero-order valence-electron chi connectivity index (χ0n) is 9.76. The third-order valence-electron chi connectivity index (χ3n) is 1.82. The monoisotopic (exact) mass is 255 g/mol. The van der Waals surface area contributed by atoms with E-state index in [-0.39, 0.29) is 17.0 Å². The van der Waals surface area contributed by atoms with Gasteiger partial charge in [0.2, 0.25) is 8.32 Å². The van der Waals surface area contributed by atoms with Gasteiger partial charge in [-0.3, -0.25) is 10.1 Å². The molecule has 0 amide bonds. The Balaban J connectivity index is 3.25. The molecule has 7 heteroatoms. The highest BCUT2D eigenvalue weighted by Crippen LogP contribution is 2.27. The zero-order valence-corrected chi connectivity index (χ0v) is 10.8. The third-order valence-corrected chi connectivity index (χ3v) is 2.65. The van der Waals surface area contributed by atoms with E-state index in [0.29, 0.717) is 0 Å². The van der Waals surface area contributed by atoms with Gasteiger partial charge in [-0.05, 0) is 25.7 Å². The summed E-state index contributed by atoms with van der Waals surface area (Å²) in [7, 11) is -2.02. The summed E-state index contributed by atoms with van der Waals surface area (Å²) in [5.74, 6) is -1.10. The highest BCUT2D eigenvalue weighted by atomic mass is 28.4. The second-order valence-corrected chi connectivity index (χ2v) is 8.89. The first-order valence-corrected chi connectivity index (χ1v) is 8.32. The van der Waals surface area contributed by atoms with Crippen molar-refractivity contribution in [1.82, 2.24) is 0 Å². The Kier molecular flexibility index (Phi) is 3.52. The SMILES string of the molecule is C[Si](C)(C)Oc1cc([N+](=O)[O-])ccc1C(=O)O. The van der Waals surface area contributed by atoms with Crippen LogP contribution in [0.15, 0.2) is 18.2 Å². The van der Waals surface area contributed by atoms with E-state index in [1.54, 1.807) is 0 Å². The number of carboxylic acids is 1. The average molecular weight is 255 g/mol. The lowest BCUT2D eigenvalue weighted by atomic mass is 10.2. The summed E-state index contributed by atoms with van der Waals surface area (Å²) in [5, 5.41) is 19.6. The van der Waals surface area contributed by atoms with Crippen LogP contribution in [-0.4, -0.2) is 24.3 Å². The summed E-state index contributed by atoms with van der Waals surface area (Å²) in [6, 6.07) is 3.50. The van der Waals surface area contributed by atoms with Gasteiger partial charge in [0.1, 0.15) is 11.3 Å². The van der Waals surface area contributed by atoms with Crippen LogP contribution in [0.3, 0.4) is 0 Å². The van der Waals surface area contributed by atoms with Gasteiger partial charge in [-0.15, -0.1) is 0 Å². The molecule has 0 aliphatic heterocycles. The van der Waals surface area contributed by atoms with Crippen molar-refractivity contribution in [3.63, 3.8) is 0 Å². The summed E-state index contributed by atoms with van der Waals surface area (Å²) in [4.78, 5) is 21.0. The van der Waals surface area contributed by atoms with E-state index in [1.165, 1.54) is 6.07 Å². The molecule has 0 saturated heterocycles. The molecule has 0 heterocycles. The van der Waals surface area contributed by atoms with Crippen LogP contribution in [0.5, 0.6) is 5.75 Å². The Bertz CT molecular complexity index is 466. The quantitative estimate of drug-likeness (QED) is 0.507. The predicted molar refractivity (Wildman–Crippen MR) is 64.0 cm³/mol. The molecule has 0 atom stereocenters. The molecule has 1 rings (SSSR count). The number of nitrogens with zero attached hydrogens (tertiary/aromatic N) is 1. The topological polar surface area (TPSA) is 89.7 Å². The molecule has 0 radical (unpaired) electrons. The molecule has 0 spiro atoms. The number of hydrogen-bond acceptors (Lipinski definition) is 4. The minimum absolute atomic E-state index is 0.0574. The highest BCUT2D eigenvalue weighted by molar-refractivity contribution is 6.70. The lowest BCUT2D eigenvalue weighted by Gasteiger charge is -2.20. The van der Waals surface area contributed by atoms with Crippen LogP contribution in [0, 0.1) is 10.1 Å². The van der Waals surface area contributed by atoms with Gasteiger partial charge in [0.25, 0.3) is 5.69 Å². The molecule has 0 aliphatic carbocycles. The fourth-order valence-corrected chi connectivity index (χ4v) is 2.04. The lowest BCUT2D eigenvalue weighted by Crippen LogP contribution is -2.30. The molecule has 1 aromatic rings. The number of benzene rings is 1. The van der Waals surface area contributed by atoms with Crippen LogP contribution in [0.4, 0.5) is 5.69 Å². The molecular formula is C10H13NO5Si. The molecule has 17 heavy (non-hydrogen) atoms. The number of nitro benzene ring substituents is 1. The first kappa shape index (κ1) is 13.2. The Morgan fingerprint density at radius 2 is 2.00 bits per heavy atom. The van der Waals surface area contributed by atoms with Gasteiger partial charge in [-0.25, -0.2) is 4.79 Å². The van der Waals surface area contributed by atoms with E-state index < -0.39 is 19.2 Å². The van der Waals surface area contributed by atoms with Crippen LogP contribution in [0.1, 0.15) is 10.4 Å². The maximum absolute atomic E-state index is 11.0. The first-order chi connectivity index (χ1) is 7.70. The van der Waals surface area contributed by atoms with Crippen LogP contribution in [-0.2, 0) is 0 Å². The molecule has 0 aromatic heterocycles. The van der Waals surface area contributed by atoms with E-state index >= 15 is 0 Å². The smallest absolute Gasteiger partial charge is 0.339 e. The van der Waals surface area contributed by atoms with Gasteiger partial charge < -0.3 is 9.53 Å². The van der Waals surface area contributed by atoms with Crippen molar-refractivity contribution in [2.24, 2.45) is 0 Å². The van der Waals surface area contributed by atoms with Gasteiger partial charge in [-0.1, -0.05) is 0 Å². The molecule has 0 aliphatic rings. The molecule has 0 unspecified atom stereocenters. The molecule has 0 bridgehead atoms. The Morgan fingerprint density at radius 3 is 2.41 bits per heavy atom. The summed E-state index contributed by atoms with van der Waals surface area (Å²) >= 11 is 0. The number of nitro groups is 1. The summed E-state index contributed by atoms with van der Waals surface area (Å²) in [6.45, 7) is 5.62. The van der Waals surface area contributed by atoms with Gasteiger partial charge in [0.05, 0.1) is 11.0 Å². The number of carbonyl (C=O) groups is 1. The molecule has 0 fully saturated rings. The Hall–Kier alpha value is -1.89. The third kappa shape index (κ3) is 3.56. The summed E-state index contributed by atoms with van der Waals surface area (Å²) < 4.78 is 5.54. The van der Waals surface area contributed by atoms with Crippen molar-refractivity contribution in [3.8, 4) is 5.75 Å². The van der Waals surface area contributed by atoms with Crippen LogP contribution in [0.25, 0.3) is 0 Å². The van der Waals surface area contributed by atoms with Crippen molar-refractivity contribution in [2.75, 3.05) is 0 Å². The minimum atomic E-state index is -2.02. The lowest BCUT2D eigenvalue weighted by molar-refractivity contribution is -0.384. The van der Waals surface area contributed by atoms with E-state index in [4.69, 9.17) is 9.53 Å². The second-order valence-electron chi connectivity index (χ2n) is 4.46. The maximum atomic E-state index is 11.0. The van der Waals surface area contributed by atoms with Crippen LogP contribution < -0.4 is 4.43 Å². The Labute approximate surface area is 99.1 Å². The molecule has 6 nitrogen and oxygen atoms in total. The van der Waals surface area contributed by atoms with Crippen molar-refractivity contribution in [2.45, 2.75) is 19.6 Å². The molecule has 1 N–H and O–H groups in total. The largest absolute Gasteiger partial charge is 0.544 e. The van der Waals surface area contributed by atoms with E-state index in [1.807, 2.05) is 19.6 Å². The normalized spacial score (nSPS) is 11.0. The maximum Gasteiger partial charge on any atom is 0.339 e. The van der Waals surface area contributed by atoms with Gasteiger partial charge in [0, 0.05) is 6.07 Å². The van der Waals surface area contributed by atoms with Crippen LogP contribution >= 0.6 is 0 Å². The van der Waals surface area contributed by atoms with E-state index in [9.17, 15) is 14.9 Å².